The number of aliphatic hydroxyl groups is 1. The Morgan fingerprint density at radius 2 is 2.00 bits per heavy atom. The van der Waals surface area contributed by atoms with Gasteiger partial charge in [0, 0.05) is 18.0 Å². The average Bonchev–Trinajstić information content (AvgIpc) is 3.02. The Bertz CT molecular complexity index is 588. The van der Waals surface area contributed by atoms with Crippen molar-refractivity contribution < 1.29 is 19.4 Å². The molecule has 0 radical (unpaired) electrons. The smallest absolute Gasteiger partial charge is 0.410 e. The van der Waals surface area contributed by atoms with Crippen molar-refractivity contribution in [1.29, 1.82) is 0 Å². The number of amides is 1. The van der Waals surface area contributed by atoms with Gasteiger partial charge in [-0.25, -0.2) is 4.79 Å². The van der Waals surface area contributed by atoms with Crippen LogP contribution in [-0.4, -0.2) is 45.9 Å². The van der Waals surface area contributed by atoms with Crippen LogP contribution in [0.4, 0.5) is 4.79 Å². The summed E-state index contributed by atoms with van der Waals surface area (Å²) in [6, 6.07) is 3.59. The molecule has 0 bridgehead atoms. The maximum absolute atomic E-state index is 12.1. The number of Topliss-reactive ketones (excluding diaryl/α,β-unsaturated/α-hetero) is 1. The highest BCUT2D eigenvalue weighted by Crippen LogP contribution is 2.34. The summed E-state index contributed by atoms with van der Waals surface area (Å²) in [6.45, 7) is 6.71. The van der Waals surface area contributed by atoms with E-state index in [9.17, 15) is 14.7 Å². The molecule has 1 saturated heterocycles. The van der Waals surface area contributed by atoms with E-state index in [1.54, 1.807) is 11.0 Å². The molecule has 7 heteroatoms. The Labute approximate surface area is 155 Å². The molecule has 1 aromatic rings. The Kier molecular flexibility index (Phi) is 6.45. The normalized spacial score (nSPS) is 17.6. The van der Waals surface area contributed by atoms with Gasteiger partial charge in [-0.05, 0) is 51.7 Å². The van der Waals surface area contributed by atoms with E-state index in [-0.39, 0.29) is 23.1 Å². The molecule has 0 spiro atoms. The van der Waals surface area contributed by atoms with Crippen LogP contribution < -0.4 is 0 Å². The van der Waals surface area contributed by atoms with E-state index in [1.165, 1.54) is 11.3 Å². The number of hydrogen-bond acceptors (Lipinski definition) is 5. The van der Waals surface area contributed by atoms with E-state index < -0.39 is 11.7 Å². The molecule has 0 aliphatic carbocycles. The fraction of sp³-hybridized carbons (Fsp3) is 0.647. The number of piperidine rings is 1. The van der Waals surface area contributed by atoms with Gasteiger partial charge in [0.25, 0.3) is 0 Å². The lowest BCUT2D eigenvalue weighted by atomic mass is 9.90. The van der Waals surface area contributed by atoms with Crippen LogP contribution in [0.15, 0.2) is 12.1 Å². The van der Waals surface area contributed by atoms with Gasteiger partial charge in [-0.1, -0.05) is 15.9 Å². The van der Waals surface area contributed by atoms with Crippen LogP contribution in [-0.2, 0) is 4.74 Å². The molecule has 1 atom stereocenters. The molecule has 5 nitrogen and oxygen atoms in total. The summed E-state index contributed by atoms with van der Waals surface area (Å²) in [5.74, 6) is 0.118. The summed E-state index contributed by atoms with van der Waals surface area (Å²) >= 11 is 4.51. The molecule has 2 rings (SSSR count). The van der Waals surface area contributed by atoms with Gasteiger partial charge >= 0.3 is 6.09 Å². The topological polar surface area (TPSA) is 66.8 Å². The van der Waals surface area contributed by atoms with Gasteiger partial charge < -0.3 is 14.7 Å². The number of nitrogens with zero attached hydrogens (tertiary/aromatic N) is 1. The van der Waals surface area contributed by atoms with E-state index in [1.807, 2.05) is 26.8 Å². The highest BCUT2D eigenvalue weighted by atomic mass is 79.9. The number of ether oxygens (including phenoxy) is 1. The highest BCUT2D eigenvalue weighted by molar-refractivity contribution is 9.09. The Morgan fingerprint density at radius 1 is 1.38 bits per heavy atom. The molecule has 1 amide bonds. The summed E-state index contributed by atoms with van der Waals surface area (Å²) in [7, 11) is 0. The first-order valence-electron chi connectivity index (χ1n) is 8.06. The maximum atomic E-state index is 12.1. The number of thiophene rings is 1. The second-order valence-corrected chi connectivity index (χ2v) is 8.68. The monoisotopic (exact) mass is 417 g/mol. The zero-order valence-electron chi connectivity index (χ0n) is 14.3. The standard InChI is InChI=1S/C17H24BrNO4S/c1-17(2,3)23-16(22)19-8-6-11(7-9-19)15(21)14-5-4-13(24-14)12(20)10-18/h4-5,11,15,21H,6-10H2,1-3H3. The Hall–Kier alpha value is -0.920. The predicted molar refractivity (Wildman–Crippen MR) is 97.9 cm³/mol. The summed E-state index contributed by atoms with van der Waals surface area (Å²) in [5.41, 5.74) is -0.497. The van der Waals surface area contributed by atoms with Crippen LogP contribution in [0.25, 0.3) is 0 Å². The van der Waals surface area contributed by atoms with Gasteiger partial charge in [0.2, 0.25) is 0 Å². The lowest BCUT2D eigenvalue weighted by molar-refractivity contribution is 0.00808. The van der Waals surface area contributed by atoms with Gasteiger partial charge in [-0.2, -0.15) is 0 Å². The number of hydrogen-bond donors (Lipinski definition) is 1. The predicted octanol–water partition coefficient (Wildman–Crippen LogP) is 4.01. The largest absolute Gasteiger partial charge is 0.444 e. The minimum Gasteiger partial charge on any atom is -0.444 e. The van der Waals surface area contributed by atoms with Gasteiger partial charge in [0.15, 0.2) is 5.78 Å². The fourth-order valence-electron chi connectivity index (χ4n) is 2.68. The average molecular weight is 418 g/mol. The third-order valence-electron chi connectivity index (χ3n) is 3.95. The molecular formula is C17H24BrNO4S. The number of rotatable bonds is 4. The second-order valence-electron chi connectivity index (χ2n) is 7.01. The molecule has 1 aromatic heterocycles. The molecule has 1 aliphatic rings. The lowest BCUT2D eigenvalue weighted by Gasteiger charge is -2.35. The number of alkyl halides is 1. The lowest BCUT2D eigenvalue weighted by Crippen LogP contribution is -2.42. The Balaban J connectivity index is 1.91. The first-order chi connectivity index (χ1) is 11.2. The van der Waals surface area contributed by atoms with Gasteiger partial charge in [0.05, 0.1) is 16.3 Å². The number of likely N-dealkylation sites (tertiary alicyclic amines) is 1. The third-order valence-corrected chi connectivity index (χ3v) is 5.66. The van der Waals surface area contributed by atoms with E-state index in [4.69, 9.17) is 4.74 Å². The molecule has 2 heterocycles. The van der Waals surface area contributed by atoms with Gasteiger partial charge in [0.1, 0.15) is 5.60 Å². The summed E-state index contributed by atoms with van der Waals surface area (Å²) in [6.07, 6.45) is 0.560. The number of carbonyl (C=O) groups is 2. The molecule has 0 saturated carbocycles. The van der Waals surface area contributed by atoms with Crippen LogP contribution in [0.1, 0.15) is 54.3 Å². The quantitative estimate of drug-likeness (QED) is 0.593. The minimum absolute atomic E-state index is 0.0261. The SMILES string of the molecule is CC(C)(C)OC(=O)N1CCC(C(O)c2ccc(C(=O)CBr)s2)CC1. The third kappa shape index (κ3) is 5.04. The number of halogens is 1. The van der Waals surface area contributed by atoms with Crippen LogP contribution in [0.3, 0.4) is 0 Å². The minimum atomic E-state index is -0.590. The molecule has 1 aliphatic heterocycles. The molecule has 1 unspecified atom stereocenters. The van der Waals surface area contributed by atoms with Crippen molar-refractivity contribution in [2.24, 2.45) is 5.92 Å². The first kappa shape index (κ1) is 19.4. The van der Waals surface area contributed by atoms with Gasteiger partial charge in [-0.3, -0.25) is 4.79 Å². The number of carbonyl (C=O) groups excluding carboxylic acids is 2. The van der Waals surface area contributed by atoms with Crippen molar-refractivity contribution in [3.8, 4) is 0 Å². The van der Waals surface area contributed by atoms with E-state index in [0.29, 0.717) is 18.0 Å². The molecule has 1 N–H and O–H groups in total. The van der Waals surface area contributed by atoms with E-state index in [2.05, 4.69) is 15.9 Å². The number of ketones is 1. The molecule has 134 valence electrons. The zero-order valence-corrected chi connectivity index (χ0v) is 16.7. The zero-order chi connectivity index (χ0) is 17.9. The van der Waals surface area contributed by atoms with Crippen molar-refractivity contribution >= 4 is 39.1 Å². The van der Waals surface area contributed by atoms with Crippen LogP contribution in [0.2, 0.25) is 0 Å². The van der Waals surface area contributed by atoms with Crippen molar-refractivity contribution in [1.82, 2.24) is 4.90 Å². The number of aliphatic hydroxyl groups excluding tert-OH is 1. The summed E-state index contributed by atoms with van der Waals surface area (Å²) in [5, 5.41) is 10.9. The van der Waals surface area contributed by atoms with Crippen molar-refractivity contribution in [3.05, 3.63) is 21.9 Å². The Morgan fingerprint density at radius 3 is 2.54 bits per heavy atom. The van der Waals surface area contributed by atoms with Crippen molar-refractivity contribution in [3.63, 3.8) is 0 Å². The van der Waals surface area contributed by atoms with Gasteiger partial charge in [-0.15, -0.1) is 11.3 Å². The van der Waals surface area contributed by atoms with Crippen LogP contribution in [0.5, 0.6) is 0 Å². The van der Waals surface area contributed by atoms with Crippen LogP contribution >= 0.6 is 27.3 Å². The molecular weight excluding hydrogens is 394 g/mol. The first-order valence-corrected chi connectivity index (χ1v) is 10.00. The van der Waals surface area contributed by atoms with Crippen molar-refractivity contribution in [2.75, 3.05) is 18.4 Å². The summed E-state index contributed by atoms with van der Waals surface area (Å²) < 4.78 is 5.38. The van der Waals surface area contributed by atoms with E-state index in [0.717, 1.165) is 17.7 Å². The van der Waals surface area contributed by atoms with Crippen molar-refractivity contribution in [2.45, 2.75) is 45.3 Å². The molecule has 24 heavy (non-hydrogen) atoms. The van der Waals surface area contributed by atoms with E-state index >= 15 is 0 Å². The maximum Gasteiger partial charge on any atom is 0.410 e. The highest BCUT2D eigenvalue weighted by Gasteiger charge is 2.31. The molecule has 1 fully saturated rings. The van der Waals surface area contributed by atoms with Crippen LogP contribution in [0, 0.1) is 5.92 Å². The fourth-order valence-corrected chi connectivity index (χ4v) is 4.20. The summed E-state index contributed by atoms with van der Waals surface area (Å²) in [4.78, 5) is 26.9. The molecule has 0 aromatic carbocycles. The second kappa shape index (κ2) is 7.97.